The number of carbonyl (C=O) groups excluding carboxylic acids is 2. The Hall–Kier alpha value is -2.96. The van der Waals surface area contributed by atoms with Crippen LogP contribution in [0.4, 0.5) is 0 Å². The first-order valence-corrected chi connectivity index (χ1v) is 6.12. The second-order valence-corrected chi connectivity index (χ2v) is 4.11. The van der Waals surface area contributed by atoms with Crippen LogP contribution in [0.25, 0.3) is 11.0 Å². The molecule has 0 spiro atoms. The number of H-pyrrole nitrogens is 1. The van der Waals surface area contributed by atoms with Crippen LogP contribution in [-0.2, 0) is 9.53 Å². The molecule has 0 aliphatic rings. The summed E-state index contributed by atoms with van der Waals surface area (Å²) in [5, 5.41) is 2.61. The van der Waals surface area contributed by atoms with E-state index in [1.165, 1.54) is 25.5 Å². The van der Waals surface area contributed by atoms with Gasteiger partial charge in [0.1, 0.15) is 0 Å². The number of fused-ring (bicyclic) bond motifs is 1. The molecule has 2 aromatic rings. The van der Waals surface area contributed by atoms with Crippen molar-refractivity contribution in [2.45, 2.75) is 0 Å². The Balaban J connectivity index is 2.07. The smallest absolute Gasteiger partial charge is 0.330 e. The molecule has 7 heteroatoms. The second-order valence-electron chi connectivity index (χ2n) is 4.11. The quantitative estimate of drug-likeness (QED) is 0.625. The van der Waals surface area contributed by atoms with Gasteiger partial charge in [0.15, 0.2) is 0 Å². The molecule has 0 saturated carbocycles. The van der Waals surface area contributed by atoms with E-state index in [-0.39, 0.29) is 18.0 Å². The molecule has 0 aliphatic heterocycles. The lowest BCUT2D eigenvalue weighted by molar-refractivity contribution is -0.134. The maximum Gasteiger partial charge on any atom is 0.330 e. The van der Waals surface area contributed by atoms with Crippen LogP contribution in [-0.4, -0.2) is 35.5 Å². The number of amides is 1. The van der Waals surface area contributed by atoms with E-state index in [9.17, 15) is 14.4 Å². The Kier molecular flexibility index (Phi) is 4.45. The van der Waals surface area contributed by atoms with Crippen molar-refractivity contribution in [3.63, 3.8) is 0 Å². The van der Waals surface area contributed by atoms with Gasteiger partial charge < -0.3 is 15.0 Å². The second kappa shape index (κ2) is 6.47. The number of methoxy groups -OCH3 is 1. The number of carbonyl (C=O) groups is 2. The normalized spacial score (nSPS) is 10.7. The minimum Gasteiger partial charge on any atom is -0.466 e. The number of rotatable bonds is 4. The van der Waals surface area contributed by atoms with Crippen LogP contribution in [0.3, 0.4) is 0 Å². The first kappa shape index (κ1) is 14.4. The van der Waals surface area contributed by atoms with Crippen molar-refractivity contribution in [2.75, 3.05) is 13.7 Å². The molecule has 7 nitrogen and oxygen atoms in total. The average Bonchev–Trinajstić information content (AvgIpc) is 2.50. The van der Waals surface area contributed by atoms with Gasteiger partial charge in [-0.3, -0.25) is 9.59 Å². The fraction of sp³-hybridized carbons (Fsp3) is 0.143. The predicted octanol–water partition coefficient (Wildman–Crippen LogP) is 0.382. The number of esters is 1. The zero-order valence-electron chi connectivity index (χ0n) is 11.3. The summed E-state index contributed by atoms with van der Waals surface area (Å²) in [7, 11) is 1.27. The van der Waals surface area contributed by atoms with Crippen molar-refractivity contribution in [3.05, 3.63) is 52.5 Å². The summed E-state index contributed by atoms with van der Waals surface area (Å²) < 4.78 is 4.42. The molecular weight excluding hydrogens is 274 g/mol. The van der Waals surface area contributed by atoms with E-state index in [2.05, 4.69) is 20.0 Å². The molecule has 108 valence electrons. The van der Waals surface area contributed by atoms with E-state index in [1.807, 2.05) is 0 Å². The molecule has 0 aliphatic carbocycles. The van der Waals surface area contributed by atoms with Crippen LogP contribution in [0, 0.1) is 0 Å². The zero-order chi connectivity index (χ0) is 15.2. The number of nitrogens with one attached hydrogen (secondary N) is 2. The van der Waals surface area contributed by atoms with E-state index in [4.69, 9.17) is 0 Å². The van der Waals surface area contributed by atoms with Crippen LogP contribution in [0.5, 0.6) is 0 Å². The van der Waals surface area contributed by atoms with Gasteiger partial charge in [-0.25, -0.2) is 9.78 Å². The molecule has 2 rings (SSSR count). The number of benzene rings is 1. The fourth-order valence-corrected chi connectivity index (χ4v) is 1.66. The highest BCUT2D eigenvalue weighted by Crippen LogP contribution is 2.09. The summed E-state index contributed by atoms with van der Waals surface area (Å²) in [5.41, 5.74) is 1.13. The SMILES string of the molecule is COC(=O)/C=C/CNC(=O)c1ccc2ncc(=O)[nH]c2c1. The van der Waals surface area contributed by atoms with Gasteiger partial charge >= 0.3 is 5.97 Å². The van der Waals surface area contributed by atoms with Crippen LogP contribution in [0.1, 0.15) is 10.4 Å². The largest absolute Gasteiger partial charge is 0.466 e. The molecule has 1 aromatic heterocycles. The topological polar surface area (TPSA) is 101 Å². The van der Waals surface area contributed by atoms with Crippen LogP contribution in [0.2, 0.25) is 0 Å². The van der Waals surface area contributed by atoms with Gasteiger partial charge in [-0.15, -0.1) is 0 Å². The molecule has 0 unspecified atom stereocenters. The minimum atomic E-state index is -0.487. The number of hydrogen-bond acceptors (Lipinski definition) is 5. The van der Waals surface area contributed by atoms with E-state index in [0.29, 0.717) is 16.6 Å². The van der Waals surface area contributed by atoms with Crippen LogP contribution < -0.4 is 10.9 Å². The minimum absolute atomic E-state index is 0.190. The Bertz CT molecular complexity index is 764. The third-order valence-electron chi connectivity index (χ3n) is 2.67. The monoisotopic (exact) mass is 287 g/mol. The third kappa shape index (κ3) is 3.75. The lowest BCUT2D eigenvalue weighted by Gasteiger charge is -2.03. The highest BCUT2D eigenvalue weighted by Gasteiger charge is 2.06. The molecule has 0 bridgehead atoms. The summed E-state index contributed by atoms with van der Waals surface area (Å²) in [6.07, 6.45) is 3.88. The molecule has 1 aromatic carbocycles. The van der Waals surface area contributed by atoms with Crippen molar-refractivity contribution >= 4 is 22.9 Å². The lowest BCUT2D eigenvalue weighted by Crippen LogP contribution is -2.23. The first-order valence-electron chi connectivity index (χ1n) is 6.12. The molecule has 2 N–H and O–H groups in total. The molecule has 1 heterocycles. The van der Waals surface area contributed by atoms with E-state index < -0.39 is 5.97 Å². The van der Waals surface area contributed by atoms with Gasteiger partial charge in [0.25, 0.3) is 11.5 Å². The van der Waals surface area contributed by atoms with E-state index in [0.717, 1.165) is 0 Å². The Morgan fingerprint density at radius 3 is 3.00 bits per heavy atom. The van der Waals surface area contributed by atoms with Gasteiger partial charge in [-0.1, -0.05) is 6.08 Å². The third-order valence-corrected chi connectivity index (χ3v) is 2.67. The zero-order valence-corrected chi connectivity index (χ0v) is 11.3. The summed E-state index contributed by atoms with van der Waals surface area (Å²) >= 11 is 0. The number of ether oxygens (including phenoxy) is 1. The number of aromatic nitrogens is 2. The highest BCUT2D eigenvalue weighted by molar-refractivity contribution is 5.97. The molecular formula is C14H13N3O4. The maximum absolute atomic E-state index is 11.9. The van der Waals surface area contributed by atoms with Crippen molar-refractivity contribution in [1.82, 2.24) is 15.3 Å². The number of nitrogens with zero attached hydrogens (tertiary/aromatic N) is 1. The summed E-state index contributed by atoms with van der Waals surface area (Å²) in [6.45, 7) is 0.190. The maximum atomic E-state index is 11.9. The highest BCUT2D eigenvalue weighted by atomic mass is 16.5. The van der Waals surface area contributed by atoms with Crippen molar-refractivity contribution < 1.29 is 14.3 Å². The summed E-state index contributed by atoms with van der Waals surface area (Å²) in [4.78, 5) is 40.5. The summed E-state index contributed by atoms with van der Waals surface area (Å²) in [6, 6.07) is 4.79. The molecule has 0 saturated heterocycles. The van der Waals surface area contributed by atoms with E-state index >= 15 is 0 Å². The molecule has 0 radical (unpaired) electrons. The predicted molar refractivity (Wildman–Crippen MR) is 75.9 cm³/mol. The van der Waals surface area contributed by atoms with Gasteiger partial charge in [-0.05, 0) is 18.2 Å². The Labute approximate surface area is 119 Å². The molecule has 1 amide bonds. The molecule has 21 heavy (non-hydrogen) atoms. The van der Waals surface area contributed by atoms with Gasteiger partial charge in [-0.2, -0.15) is 0 Å². The van der Waals surface area contributed by atoms with Gasteiger partial charge in [0.2, 0.25) is 0 Å². The number of aromatic amines is 1. The van der Waals surface area contributed by atoms with Crippen LogP contribution in [0.15, 0.2) is 41.3 Å². The Morgan fingerprint density at radius 2 is 2.24 bits per heavy atom. The van der Waals surface area contributed by atoms with Gasteiger partial charge in [0, 0.05) is 18.2 Å². The fourth-order valence-electron chi connectivity index (χ4n) is 1.66. The van der Waals surface area contributed by atoms with Crippen LogP contribution >= 0.6 is 0 Å². The lowest BCUT2D eigenvalue weighted by atomic mass is 10.2. The van der Waals surface area contributed by atoms with E-state index in [1.54, 1.807) is 18.2 Å². The average molecular weight is 287 g/mol. The molecule has 0 atom stereocenters. The van der Waals surface area contributed by atoms with Crippen molar-refractivity contribution in [2.24, 2.45) is 0 Å². The first-order chi connectivity index (χ1) is 10.1. The Morgan fingerprint density at radius 1 is 1.43 bits per heavy atom. The standard InChI is InChI=1S/C14H13N3O4/c1-21-13(19)3-2-6-15-14(20)9-4-5-10-11(7-9)17-12(18)8-16-10/h2-5,7-8H,6H2,1H3,(H,15,20)(H,17,18)/b3-2+. The number of hydrogen-bond donors (Lipinski definition) is 2. The van der Waals surface area contributed by atoms with Crippen molar-refractivity contribution in [1.29, 1.82) is 0 Å². The molecule has 0 fully saturated rings. The van der Waals surface area contributed by atoms with Gasteiger partial charge in [0.05, 0.1) is 24.3 Å². The van der Waals surface area contributed by atoms with Crippen molar-refractivity contribution in [3.8, 4) is 0 Å². The summed E-state index contributed by atoms with van der Waals surface area (Å²) in [5.74, 6) is -0.810.